The highest BCUT2D eigenvalue weighted by Crippen LogP contribution is 2.31. The van der Waals surface area contributed by atoms with Crippen molar-refractivity contribution in [3.8, 4) is 22.9 Å². The van der Waals surface area contributed by atoms with Gasteiger partial charge in [-0.2, -0.15) is 5.21 Å². The largest absolute Gasteiger partial charge is 0.494 e. The van der Waals surface area contributed by atoms with Gasteiger partial charge < -0.3 is 14.0 Å². The van der Waals surface area contributed by atoms with Crippen LogP contribution in [-0.4, -0.2) is 43.4 Å². The number of hydrogen-bond donors (Lipinski definition) is 1. The smallest absolute Gasteiger partial charge is 0.204 e. The predicted molar refractivity (Wildman–Crippen MR) is 133 cm³/mol. The van der Waals surface area contributed by atoms with Crippen molar-refractivity contribution in [3.63, 3.8) is 0 Å². The van der Waals surface area contributed by atoms with Crippen LogP contribution in [0.5, 0.6) is 11.5 Å². The number of rotatable bonds is 11. The highest BCUT2D eigenvalue weighted by molar-refractivity contribution is 5.81. The Morgan fingerprint density at radius 2 is 1.74 bits per heavy atom. The first kappa shape index (κ1) is 23.7. The van der Waals surface area contributed by atoms with Gasteiger partial charge in [-0.05, 0) is 66.3 Å². The molecule has 4 rings (SSSR count). The number of nitrogens with one attached hydrogen (secondary N) is 1. The number of imidazole rings is 1. The van der Waals surface area contributed by atoms with Crippen LogP contribution in [0, 0.1) is 5.41 Å². The maximum atomic E-state index is 6.24. The lowest BCUT2D eigenvalue weighted by atomic mass is 9.96. The molecule has 0 amide bonds. The standard InChI is InChI=1S/C26H34N6O2/c1-5-8-21-23(14-13-22-24(21)32(18-27-22)17-26(2,3)4)34-16-7-6-15-33-20-11-9-19(10-12-20)25-28-30-31-29-25/h9-14,18H,5-8,15-17H2,1-4H3,(H,28,29,30,31). The lowest BCUT2D eigenvalue weighted by molar-refractivity contribution is 0.265. The van der Waals surface area contributed by atoms with Crippen LogP contribution >= 0.6 is 0 Å². The number of aromatic amines is 1. The zero-order valence-corrected chi connectivity index (χ0v) is 20.5. The van der Waals surface area contributed by atoms with Crippen LogP contribution in [0.3, 0.4) is 0 Å². The molecule has 8 nitrogen and oxygen atoms in total. The number of hydrogen-bond acceptors (Lipinski definition) is 6. The van der Waals surface area contributed by atoms with Gasteiger partial charge in [-0.25, -0.2) is 4.98 Å². The number of aryl methyl sites for hydroxylation is 1. The number of benzene rings is 2. The fourth-order valence-corrected chi connectivity index (χ4v) is 4.04. The summed E-state index contributed by atoms with van der Waals surface area (Å²) in [6.07, 6.45) is 5.84. The molecule has 2 aromatic carbocycles. The van der Waals surface area contributed by atoms with E-state index in [4.69, 9.17) is 9.47 Å². The molecule has 0 radical (unpaired) electrons. The number of H-pyrrole nitrogens is 1. The Labute approximate surface area is 200 Å². The number of fused-ring (bicyclic) bond motifs is 1. The Kier molecular flexibility index (Phi) is 7.45. The summed E-state index contributed by atoms with van der Waals surface area (Å²) < 4.78 is 14.4. The topological polar surface area (TPSA) is 90.7 Å². The van der Waals surface area contributed by atoms with Gasteiger partial charge >= 0.3 is 0 Å². The van der Waals surface area contributed by atoms with Gasteiger partial charge in [-0.3, -0.25) is 0 Å². The fourth-order valence-electron chi connectivity index (χ4n) is 4.04. The lowest BCUT2D eigenvalue weighted by Gasteiger charge is -2.21. The second-order valence-electron chi connectivity index (χ2n) is 9.76. The molecule has 8 heteroatoms. The minimum atomic E-state index is 0.182. The Balaban J connectivity index is 1.30. The number of unbranched alkanes of at least 4 members (excludes halogenated alkanes) is 1. The van der Waals surface area contributed by atoms with Crippen molar-refractivity contribution < 1.29 is 9.47 Å². The van der Waals surface area contributed by atoms with Crippen LogP contribution in [0.25, 0.3) is 22.4 Å². The Bertz CT molecular complexity index is 1180. The minimum Gasteiger partial charge on any atom is -0.494 e. The van der Waals surface area contributed by atoms with Gasteiger partial charge in [-0.1, -0.05) is 34.1 Å². The van der Waals surface area contributed by atoms with Crippen LogP contribution in [0.4, 0.5) is 0 Å². The average molecular weight is 463 g/mol. The van der Waals surface area contributed by atoms with E-state index in [-0.39, 0.29) is 5.41 Å². The van der Waals surface area contributed by atoms with E-state index in [2.05, 4.69) is 70.0 Å². The minimum absolute atomic E-state index is 0.182. The van der Waals surface area contributed by atoms with E-state index in [9.17, 15) is 0 Å². The normalized spacial score (nSPS) is 11.8. The van der Waals surface area contributed by atoms with Crippen molar-refractivity contribution in [1.82, 2.24) is 30.2 Å². The molecule has 0 spiro atoms. The van der Waals surface area contributed by atoms with E-state index < -0.39 is 0 Å². The molecular formula is C26H34N6O2. The molecule has 0 bridgehead atoms. The number of ether oxygens (including phenoxy) is 2. The van der Waals surface area contributed by atoms with Crippen molar-refractivity contribution in [2.45, 2.75) is 59.9 Å². The van der Waals surface area contributed by atoms with Crippen LogP contribution in [-0.2, 0) is 13.0 Å². The molecule has 0 fully saturated rings. The zero-order valence-electron chi connectivity index (χ0n) is 20.5. The van der Waals surface area contributed by atoms with E-state index in [1.165, 1.54) is 11.1 Å². The van der Waals surface area contributed by atoms with Crippen LogP contribution in [0.15, 0.2) is 42.7 Å². The van der Waals surface area contributed by atoms with Gasteiger partial charge in [-0.15, -0.1) is 10.2 Å². The summed E-state index contributed by atoms with van der Waals surface area (Å²) in [7, 11) is 0. The van der Waals surface area contributed by atoms with Crippen molar-refractivity contribution >= 4 is 11.0 Å². The maximum Gasteiger partial charge on any atom is 0.204 e. The first-order valence-corrected chi connectivity index (χ1v) is 12.0. The van der Waals surface area contributed by atoms with E-state index in [0.29, 0.717) is 19.0 Å². The van der Waals surface area contributed by atoms with Crippen LogP contribution < -0.4 is 9.47 Å². The van der Waals surface area contributed by atoms with E-state index >= 15 is 0 Å². The third kappa shape index (κ3) is 5.92. The van der Waals surface area contributed by atoms with Crippen molar-refractivity contribution in [2.75, 3.05) is 13.2 Å². The summed E-state index contributed by atoms with van der Waals surface area (Å²) >= 11 is 0. The molecule has 34 heavy (non-hydrogen) atoms. The van der Waals surface area contributed by atoms with Gasteiger partial charge in [0.05, 0.1) is 30.6 Å². The molecule has 2 heterocycles. The highest BCUT2D eigenvalue weighted by Gasteiger charge is 2.17. The first-order valence-electron chi connectivity index (χ1n) is 12.0. The van der Waals surface area contributed by atoms with Gasteiger partial charge in [0.15, 0.2) is 0 Å². The summed E-state index contributed by atoms with van der Waals surface area (Å²) in [5.41, 5.74) is 4.60. The molecule has 0 atom stereocenters. The molecule has 0 aliphatic carbocycles. The third-order valence-electron chi connectivity index (χ3n) is 5.51. The van der Waals surface area contributed by atoms with E-state index in [0.717, 1.165) is 54.8 Å². The molecule has 4 aromatic rings. The maximum absolute atomic E-state index is 6.24. The van der Waals surface area contributed by atoms with Gasteiger partial charge in [0.2, 0.25) is 5.82 Å². The zero-order chi connectivity index (χ0) is 24.0. The SMILES string of the molecule is CCCc1c(OCCCCOc2ccc(-c3nn[nH]n3)cc2)ccc2ncn(CC(C)(C)C)c12. The molecule has 0 saturated heterocycles. The Morgan fingerprint density at radius 3 is 2.41 bits per heavy atom. The summed E-state index contributed by atoms with van der Waals surface area (Å²) in [6, 6.07) is 11.9. The van der Waals surface area contributed by atoms with Gasteiger partial charge in [0, 0.05) is 17.7 Å². The summed E-state index contributed by atoms with van der Waals surface area (Å²) in [6.45, 7) is 11.2. The molecule has 1 N–H and O–H groups in total. The molecule has 180 valence electrons. The molecule has 2 aromatic heterocycles. The predicted octanol–water partition coefficient (Wildman–Crippen LogP) is 5.45. The molecule has 0 aliphatic heterocycles. The average Bonchev–Trinajstić information content (AvgIpc) is 3.47. The third-order valence-corrected chi connectivity index (χ3v) is 5.51. The van der Waals surface area contributed by atoms with Crippen molar-refractivity contribution in [1.29, 1.82) is 0 Å². The summed E-state index contributed by atoms with van der Waals surface area (Å²) in [5.74, 6) is 2.38. The Morgan fingerprint density at radius 1 is 0.971 bits per heavy atom. The second-order valence-corrected chi connectivity index (χ2v) is 9.76. The molecular weight excluding hydrogens is 428 g/mol. The lowest BCUT2D eigenvalue weighted by Crippen LogP contribution is -2.15. The summed E-state index contributed by atoms with van der Waals surface area (Å²) in [5, 5.41) is 14.0. The number of aromatic nitrogens is 6. The molecule has 0 saturated carbocycles. The van der Waals surface area contributed by atoms with Crippen molar-refractivity contribution in [2.24, 2.45) is 5.41 Å². The molecule has 0 unspecified atom stereocenters. The van der Waals surface area contributed by atoms with Gasteiger partial charge in [0.1, 0.15) is 11.5 Å². The number of tetrazole rings is 1. The number of nitrogens with zero attached hydrogens (tertiary/aromatic N) is 5. The summed E-state index contributed by atoms with van der Waals surface area (Å²) in [4.78, 5) is 4.64. The van der Waals surface area contributed by atoms with E-state index in [1.807, 2.05) is 30.6 Å². The quantitative estimate of drug-likeness (QED) is 0.298. The van der Waals surface area contributed by atoms with E-state index in [1.54, 1.807) is 0 Å². The first-order chi connectivity index (χ1) is 16.4. The fraction of sp³-hybridized carbons (Fsp3) is 0.462. The van der Waals surface area contributed by atoms with Crippen LogP contribution in [0.1, 0.15) is 52.5 Å². The van der Waals surface area contributed by atoms with Crippen molar-refractivity contribution in [3.05, 3.63) is 48.3 Å². The monoisotopic (exact) mass is 462 g/mol. The highest BCUT2D eigenvalue weighted by atomic mass is 16.5. The Hall–Kier alpha value is -3.42. The van der Waals surface area contributed by atoms with Gasteiger partial charge in [0.25, 0.3) is 0 Å². The molecule has 0 aliphatic rings. The second kappa shape index (κ2) is 10.7. The van der Waals surface area contributed by atoms with Crippen LogP contribution in [0.2, 0.25) is 0 Å².